The molecule has 2 heterocycles. The molecule has 70 valence electrons. The van der Waals surface area contributed by atoms with E-state index in [0.717, 1.165) is 0 Å². The van der Waals surface area contributed by atoms with Crippen molar-refractivity contribution in [1.29, 1.82) is 0 Å². The van der Waals surface area contributed by atoms with Crippen molar-refractivity contribution >= 4 is 0 Å². The first-order valence-corrected chi connectivity index (χ1v) is 4.12. The number of fused-ring (bicyclic) bond motifs is 1. The van der Waals surface area contributed by atoms with Crippen molar-refractivity contribution in [3.05, 3.63) is 32.1 Å². The van der Waals surface area contributed by atoms with Crippen LogP contribution in [-0.4, -0.2) is 9.97 Å². The number of hydrogen-bond acceptors (Lipinski definition) is 3. The second kappa shape index (κ2) is 2.32. The fourth-order valence-corrected chi connectivity index (χ4v) is 1.61. The fraction of sp³-hybridized carbons (Fsp3) is 0.500. The van der Waals surface area contributed by atoms with Crippen LogP contribution in [0.4, 0.5) is 0 Å². The van der Waals surface area contributed by atoms with E-state index in [1.54, 1.807) is 0 Å². The van der Waals surface area contributed by atoms with Crippen LogP contribution in [0.5, 0.6) is 0 Å². The van der Waals surface area contributed by atoms with Crippen molar-refractivity contribution in [3.63, 3.8) is 0 Å². The van der Waals surface area contributed by atoms with Gasteiger partial charge in [0.1, 0.15) is 0 Å². The molecule has 0 radical (unpaired) electrons. The topological polar surface area (TPSA) is 77.8 Å². The molecule has 0 unspecified atom stereocenters. The van der Waals surface area contributed by atoms with Gasteiger partial charge in [0, 0.05) is 12.2 Å². The summed E-state index contributed by atoms with van der Waals surface area (Å²) in [6, 6.07) is 0. The normalized spacial score (nSPS) is 18.6. The van der Waals surface area contributed by atoms with Crippen molar-refractivity contribution < 1.29 is 0 Å². The van der Waals surface area contributed by atoms with Crippen LogP contribution in [0.2, 0.25) is 0 Å². The predicted molar refractivity (Wildman–Crippen MR) is 47.5 cm³/mol. The Bertz CT molecular complexity index is 455. The molecule has 0 saturated heterocycles. The molecule has 1 aliphatic heterocycles. The third-order valence-corrected chi connectivity index (χ3v) is 2.37. The predicted octanol–water partition coefficient (Wildman–Crippen LogP) is -0.599. The van der Waals surface area contributed by atoms with Crippen LogP contribution < -0.4 is 16.6 Å². The third kappa shape index (κ3) is 1.12. The molecule has 3 N–H and O–H groups in total. The molecular weight excluding hydrogens is 170 g/mol. The van der Waals surface area contributed by atoms with Gasteiger partial charge >= 0.3 is 5.69 Å². The summed E-state index contributed by atoms with van der Waals surface area (Å²) in [6.07, 6.45) is 0. The quantitative estimate of drug-likeness (QED) is 0.500. The van der Waals surface area contributed by atoms with Gasteiger partial charge in [-0.2, -0.15) is 0 Å². The van der Waals surface area contributed by atoms with Crippen LogP contribution in [0, 0.1) is 0 Å². The first kappa shape index (κ1) is 8.25. The van der Waals surface area contributed by atoms with Crippen molar-refractivity contribution in [3.8, 4) is 0 Å². The minimum Gasteiger partial charge on any atom is -0.309 e. The van der Waals surface area contributed by atoms with Crippen molar-refractivity contribution in [2.75, 3.05) is 0 Å². The summed E-state index contributed by atoms with van der Waals surface area (Å²) in [5, 5.41) is 3.14. The SMILES string of the molecule is CC1(C)NCc2c1[nH]c(=O)[nH]c2=O. The molecule has 1 aromatic heterocycles. The Morgan fingerprint density at radius 1 is 1.23 bits per heavy atom. The van der Waals surface area contributed by atoms with Crippen molar-refractivity contribution in [2.24, 2.45) is 0 Å². The molecule has 0 bridgehead atoms. The fourth-order valence-electron chi connectivity index (χ4n) is 1.61. The molecule has 0 amide bonds. The van der Waals surface area contributed by atoms with Crippen LogP contribution >= 0.6 is 0 Å². The summed E-state index contributed by atoms with van der Waals surface area (Å²) in [4.78, 5) is 27.1. The molecular formula is C8H11N3O2. The van der Waals surface area contributed by atoms with Gasteiger partial charge in [0.2, 0.25) is 0 Å². The Labute approximate surface area is 74.2 Å². The van der Waals surface area contributed by atoms with Gasteiger partial charge in [0.15, 0.2) is 0 Å². The lowest BCUT2D eigenvalue weighted by Crippen LogP contribution is -2.32. The number of aromatic amines is 2. The minimum absolute atomic E-state index is 0.295. The summed E-state index contributed by atoms with van der Waals surface area (Å²) in [6.45, 7) is 4.36. The molecule has 2 rings (SSSR count). The molecule has 5 heteroatoms. The maximum atomic E-state index is 11.3. The van der Waals surface area contributed by atoms with E-state index in [0.29, 0.717) is 17.8 Å². The number of hydrogen-bond donors (Lipinski definition) is 3. The molecule has 13 heavy (non-hydrogen) atoms. The second-order valence-electron chi connectivity index (χ2n) is 3.74. The van der Waals surface area contributed by atoms with Gasteiger partial charge in [-0.05, 0) is 13.8 Å². The van der Waals surface area contributed by atoms with Gasteiger partial charge in [-0.1, -0.05) is 0 Å². The lowest BCUT2D eigenvalue weighted by Gasteiger charge is -2.18. The van der Waals surface area contributed by atoms with Crippen molar-refractivity contribution in [2.45, 2.75) is 25.9 Å². The molecule has 0 saturated carbocycles. The highest BCUT2D eigenvalue weighted by Crippen LogP contribution is 2.24. The lowest BCUT2D eigenvalue weighted by molar-refractivity contribution is 0.432. The minimum atomic E-state index is -0.444. The van der Waals surface area contributed by atoms with E-state index in [1.165, 1.54) is 0 Å². The average Bonchev–Trinajstić information content (AvgIpc) is 2.28. The van der Waals surface area contributed by atoms with E-state index in [4.69, 9.17) is 0 Å². The Morgan fingerprint density at radius 3 is 2.62 bits per heavy atom. The Hall–Kier alpha value is -1.36. The van der Waals surface area contributed by atoms with Gasteiger partial charge < -0.3 is 10.3 Å². The maximum absolute atomic E-state index is 11.3. The van der Waals surface area contributed by atoms with Gasteiger partial charge in [0.25, 0.3) is 5.56 Å². The summed E-state index contributed by atoms with van der Waals surface area (Å²) in [5.74, 6) is 0. The number of rotatable bonds is 0. The number of H-pyrrole nitrogens is 2. The smallest absolute Gasteiger partial charge is 0.309 e. The van der Waals surface area contributed by atoms with E-state index in [2.05, 4.69) is 15.3 Å². The van der Waals surface area contributed by atoms with Gasteiger partial charge in [0.05, 0.1) is 11.1 Å². The van der Waals surface area contributed by atoms with Crippen LogP contribution in [0.1, 0.15) is 25.1 Å². The van der Waals surface area contributed by atoms with E-state index in [9.17, 15) is 9.59 Å². The van der Waals surface area contributed by atoms with E-state index in [1.807, 2.05) is 13.8 Å². The molecule has 0 fully saturated rings. The molecule has 0 aliphatic carbocycles. The first-order valence-electron chi connectivity index (χ1n) is 4.12. The van der Waals surface area contributed by atoms with Crippen LogP contribution in [0.15, 0.2) is 9.59 Å². The van der Waals surface area contributed by atoms with E-state index in [-0.39, 0.29) is 11.1 Å². The summed E-state index contributed by atoms with van der Waals surface area (Å²) in [7, 11) is 0. The zero-order valence-corrected chi connectivity index (χ0v) is 7.52. The highest BCUT2D eigenvalue weighted by atomic mass is 16.2. The van der Waals surface area contributed by atoms with E-state index >= 15 is 0 Å². The molecule has 0 aromatic carbocycles. The largest absolute Gasteiger partial charge is 0.325 e. The standard InChI is InChI=1S/C8H11N3O2/c1-8(2)5-4(3-9-8)6(12)11-7(13)10-5/h9H,3H2,1-2H3,(H2,10,11,12,13). The zero-order valence-electron chi connectivity index (χ0n) is 7.52. The monoisotopic (exact) mass is 181 g/mol. The summed E-state index contributed by atoms with van der Waals surface area (Å²) >= 11 is 0. The van der Waals surface area contributed by atoms with Crippen LogP contribution in [-0.2, 0) is 12.1 Å². The summed E-state index contributed by atoms with van der Waals surface area (Å²) in [5.41, 5.74) is 0.270. The van der Waals surface area contributed by atoms with Gasteiger partial charge in [-0.25, -0.2) is 4.79 Å². The third-order valence-electron chi connectivity index (χ3n) is 2.37. The summed E-state index contributed by atoms with van der Waals surface area (Å²) < 4.78 is 0. The Balaban J connectivity index is 2.79. The Morgan fingerprint density at radius 2 is 1.92 bits per heavy atom. The Kier molecular flexibility index (Phi) is 1.47. The average molecular weight is 181 g/mol. The maximum Gasteiger partial charge on any atom is 0.325 e. The van der Waals surface area contributed by atoms with Crippen LogP contribution in [0.3, 0.4) is 0 Å². The zero-order chi connectivity index (χ0) is 9.64. The first-order chi connectivity index (χ1) is 6.00. The molecule has 5 nitrogen and oxygen atoms in total. The second-order valence-corrected chi connectivity index (χ2v) is 3.74. The van der Waals surface area contributed by atoms with Crippen molar-refractivity contribution in [1.82, 2.24) is 15.3 Å². The van der Waals surface area contributed by atoms with Gasteiger partial charge in [-0.15, -0.1) is 0 Å². The molecule has 0 spiro atoms. The van der Waals surface area contributed by atoms with Gasteiger partial charge in [-0.3, -0.25) is 9.78 Å². The number of aromatic nitrogens is 2. The molecule has 1 aliphatic rings. The highest BCUT2D eigenvalue weighted by Gasteiger charge is 2.31. The number of nitrogens with one attached hydrogen (secondary N) is 3. The van der Waals surface area contributed by atoms with Crippen LogP contribution in [0.25, 0.3) is 0 Å². The molecule has 1 aromatic rings. The highest BCUT2D eigenvalue weighted by molar-refractivity contribution is 5.28. The lowest BCUT2D eigenvalue weighted by atomic mass is 10.0. The molecule has 0 atom stereocenters. The van der Waals surface area contributed by atoms with E-state index < -0.39 is 5.69 Å².